The zero-order chi connectivity index (χ0) is 19.1. The van der Waals surface area contributed by atoms with Crippen molar-refractivity contribution >= 4 is 11.6 Å². The molecule has 1 saturated heterocycles. The Labute approximate surface area is 158 Å². The van der Waals surface area contributed by atoms with E-state index in [1.165, 1.54) is 0 Å². The topological polar surface area (TPSA) is 80.4 Å². The molecule has 2 aromatic rings. The van der Waals surface area contributed by atoms with Crippen LogP contribution < -0.4 is 9.64 Å². The predicted octanol–water partition coefficient (Wildman–Crippen LogP) is 2.55. The van der Waals surface area contributed by atoms with Gasteiger partial charge >= 0.3 is 0 Å². The van der Waals surface area contributed by atoms with Gasteiger partial charge in [0.1, 0.15) is 11.8 Å². The van der Waals surface area contributed by atoms with Crippen molar-refractivity contribution in [3.63, 3.8) is 0 Å². The van der Waals surface area contributed by atoms with Crippen molar-refractivity contribution in [3.8, 4) is 17.9 Å². The molecule has 1 aliphatic rings. The highest BCUT2D eigenvalue weighted by molar-refractivity contribution is 5.78. The molecule has 27 heavy (non-hydrogen) atoms. The Morgan fingerprint density at radius 2 is 1.85 bits per heavy atom. The molecule has 0 radical (unpaired) electrons. The highest BCUT2D eigenvalue weighted by Gasteiger charge is 2.21. The quantitative estimate of drug-likeness (QED) is 0.837. The summed E-state index contributed by atoms with van der Waals surface area (Å²) in [5.74, 6) is 0.439. The fraction of sp³-hybridized carbons (Fsp3) is 0.286. The molecule has 1 heterocycles. The van der Waals surface area contributed by atoms with E-state index in [0.717, 1.165) is 18.7 Å². The molecular formula is C21H20N4O2. The third kappa shape index (κ3) is 4.56. The number of hydrogen-bond donors (Lipinski definition) is 0. The molecule has 0 bridgehead atoms. The summed E-state index contributed by atoms with van der Waals surface area (Å²) in [4.78, 5) is 16.5. The minimum Gasteiger partial charge on any atom is -0.484 e. The van der Waals surface area contributed by atoms with Gasteiger partial charge in [-0.3, -0.25) is 4.79 Å². The van der Waals surface area contributed by atoms with Crippen molar-refractivity contribution in [2.75, 3.05) is 37.7 Å². The second-order valence-corrected chi connectivity index (χ2v) is 6.28. The average Bonchev–Trinajstić information content (AvgIpc) is 2.98. The summed E-state index contributed by atoms with van der Waals surface area (Å²) in [5.41, 5.74) is 2.07. The summed E-state index contributed by atoms with van der Waals surface area (Å²) in [6.45, 7) is 2.66. The smallest absolute Gasteiger partial charge is 0.260 e. The van der Waals surface area contributed by atoms with E-state index in [2.05, 4.69) is 17.0 Å². The fourth-order valence-electron chi connectivity index (χ4n) is 3.14. The minimum absolute atomic E-state index is 0.0519. The van der Waals surface area contributed by atoms with Crippen LogP contribution in [0.2, 0.25) is 0 Å². The number of ether oxygens (including phenoxy) is 1. The van der Waals surface area contributed by atoms with Gasteiger partial charge in [0.15, 0.2) is 6.61 Å². The molecule has 0 aromatic heterocycles. The molecule has 6 nitrogen and oxygen atoms in total. The summed E-state index contributed by atoms with van der Waals surface area (Å²) in [7, 11) is 0. The van der Waals surface area contributed by atoms with Crippen LogP contribution in [0.4, 0.5) is 5.69 Å². The Morgan fingerprint density at radius 3 is 2.67 bits per heavy atom. The minimum atomic E-state index is -0.0761. The van der Waals surface area contributed by atoms with E-state index in [4.69, 9.17) is 10.00 Å². The first kappa shape index (κ1) is 18.3. The number of hydrogen-bond acceptors (Lipinski definition) is 5. The van der Waals surface area contributed by atoms with Crippen LogP contribution >= 0.6 is 0 Å². The van der Waals surface area contributed by atoms with Gasteiger partial charge < -0.3 is 14.5 Å². The Morgan fingerprint density at radius 1 is 1.00 bits per heavy atom. The first-order valence-electron chi connectivity index (χ1n) is 8.86. The van der Waals surface area contributed by atoms with Gasteiger partial charge in [0.05, 0.1) is 22.9 Å². The maximum absolute atomic E-state index is 12.5. The average molecular weight is 360 g/mol. The highest BCUT2D eigenvalue weighted by Crippen LogP contribution is 2.21. The van der Waals surface area contributed by atoms with Crippen molar-refractivity contribution in [1.29, 1.82) is 10.5 Å². The van der Waals surface area contributed by atoms with E-state index < -0.39 is 0 Å². The summed E-state index contributed by atoms with van der Waals surface area (Å²) < 4.78 is 5.55. The lowest BCUT2D eigenvalue weighted by Gasteiger charge is -2.24. The number of rotatable bonds is 4. The monoisotopic (exact) mass is 360 g/mol. The van der Waals surface area contributed by atoms with Gasteiger partial charge in [-0.05, 0) is 36.8 Å². The number of nitriles is 2. The first-order valence-corrected chi connectivity index (χ1v) is 8.86. The third-order valence-corrected chi connectivity index (χ3v) is 4.54. The largest absolute Gasteiger partial charge is 0.484 e. The van der Waals surface area contributed by atoms with Crippen LogP contribution in [0.25, 0.3) is 0 Å². The zero-order valence-corrected chi connectivity index (χ0v) is 15.0. The Balaban J connectivity index is 1.58. The molecule has 2 aromatic carbocycles. The van der Waals surface area contributed by atoms with Crippen LogP contribution in [-0.4, -0.2) is 43.6 Å². The predicted molar refractivity (Wildman–Crippen MR) is 101 cm³/mol. The number of carbonyl (C=O) groups is 1. The SMILES string of the molecule is N#Cc1cccc(OCC(=O)N2CCCN(c3ccccc3C#N)CC2)c1. The molecule has 1 amide bonds. The fourth-order valence-corrected chi connectivity index (χ4v) is 3.14. The first-order chi connectivity index (χ1) is 13.2. The van der Waals surface area contributed by atoms with E-state index in [9.17, 15) is 10.1 Å². The van der Waals surface area contributed by atoms with Crippen LogP contribution in [0.15, 0.2) is 48.5 Å². The number of amides is 1. The Kier molecular flexibility index (Phi) is 5.91. The highest BCUT2D eigenvalue weighted by atomic mass is 16.5. The Hall–Kier alpha value is -3.51. The molecular weight excluding hydrogens is 340 g/mol. The van der Waals surface area contributed by atoms with Crippen molar-refractivity contribution in [1.82, 2.24) is 4.90 Å². The molecule has 0 atom stereocenters. The number of benzene rings is 2. The standard InChI is InChI=1S/C21H20N4O2/c22-14-17-5-3-7-19(13-17)27-16-21(26)25-10-4-9-24(11-12-25)20-8-2-1-6-18(20)15-23/h1-3,5-8,13H,4,9-12,16H2. The summed E-state index contributed by atoms with van der Waals surface area (Å²) in [5, 5.41) is 18.2. The van der Waals surface area contributed by atoms with E-state index >= 15 is 0 Å². The van der Waals surface area contributed by atoms with E-state index in [1.54, 1.807) is 29.2 Å². The van der Waals surface area contributed by atoms with Crippen LogP contribution in [0.3, 0.4) is 0 Å². The molecule has 1 aliphatic heterocycles. The van der Waals surface area contributed by atoms with Crippen molar-refractivity contribution in [3.05, 3.63) is 59.7 Å². The number of carbonyl (C=O) groups excluding carboxylic acids is 1. The molecule has 3 rings (SSSR count). The summed E-state index contributed by atoms with van der Waals surface area (Å²) in [6, 6.07) is 18.6. The zero-order valence-electron chi connectivity index (χ0n) is 15.0. The van der Waals surface area contributed by atoms with Crippen molar-refractivity contribution in [2.45, 2.75) is 6.42 Å². The van der Waals surface area contributed by atoms with Crippen LogP contribution in [0.5, 0.6) is 5.75 Å². The Bertz CT molecular complexity index is 898. The lowest BCUT2D eigenvalue weighted by molar-refractivity contribution is -0.133. The summed E-state index contributed by atoms with van der Waals surface area (Å²) >= 11 is 0. The second kappa shape index (κ2) is 8.73. The molecule has 0 aliphatic carbocycles. The van der Waals surface area contributed by atoms with Gasteiger partial charge in [0.2, 0.25) is 0 Å². The second-order valence-electron chi connectivity index (χ2n) is 6.28. The molecule has 1 fully saturated rings. The lowest BCUT2D eigenvalue weighted by atomic mass is 10.1. The van der Waals surface area contributed by atoms with Gasteiger partial charge in [-0.2, -0.15) is 10.5 Å². The number of anilines is 1. The van der Waals surface area contributed by atoms with E-state index in [0.29, 0.717) is 36.5 Å². The van der Waals surface area contributed by atoms with E-state index in [1.807, 2.05) is 24.3 Å². The van der Waals surface area contributed by atoms with Crippen molar-refractivity contribution in [2.24, 2.45) is 0 Å². The van der Waals surface area contributed by atoms with Gasteiger partial charge in [-0.15, -0.1) is 0 Å². The molecule has 0 N–H and O–H groups in total. The van der Waals surface area contributed by atoms with Crippen molar-refractivity contribution < 1.29 is 9.53 Å². The maximum Gasteiger partial charge on any atom is 0.260 e. The molecule has 0 unspecified atom stereocenters. The molecule has 6 heteroatoms. The molecule has 136 valence electrons. The number of nitrogens with zero attached hydrogens (tertiary/aromatic N) is 4. The van der Waals surface area contributed by atoms with Crippen LogP contribution in [0.1, 0.15) is 17.5 Å². The van der Waals surface area contributed by atoms with Gasteiger partial charge in [0, 0.05) is 26.2 Å². The van der Waals surface area contributed by atoms with Gasteiger partial charge in [-0.25, -0.2) is 0 Å². The van der Waals surface area contributed by atoms with Crippen LogP contribution in [-0.2, 0) is 4.79 Å². The maximum atomic E-state index is 12.5. The number of para-hydroxylation sites is 1. The lowest BCUT2D eigenvalue weighted by Crippen LogP contribution is -2.38. The van der Waals surface area contributed by atoms with Crippen LogP contribution in [0, 0.1) is 22.7 Å². The van der Waals surface area contributed by atoms with E-state index in [-0.39, 0.29) is 12.5 Å². The summed E-state index contributed by atoms with van der Waals surface area (Å²) in [6.07, 6.45) is 0.829. The third-order valence-electron chi connectivity index (χ3n) is 4.54. The van der Waals surface area contributed by atoms with Gasteiger partial charge in [0.25, 0.3) is 5.91 Å². The molecule has 0 spiro atoms. The molecule has 0 saturated carbocycles. The normalized spacial score (nSPS) is 14.0. The van der Waals surface area contributed by atoms with Gasteiger partial charge in [-0.1, -0.05) is 18.2 Å².